The number of fused-ring (bicyclic) bond motifs is 3. The van der Waals surface area contributed by atoms with Crippen LogP contribution in [-0.2, 0) is 19.5 Å². The maximum absolute atomic E-state index is 13.1. The van der Waals surface area contributed by atoms with Crippen molar-refractivity contribution in [3.8, 4) is 0 Å². The Hall–Kier alpha value is -2.77. The molecule has 1 aliphatic heterocycles. The van der Waals surface area contributed by atoms with Crippen molar-refractivity contribution in [2.75, 3.05) is 6.54 Å². The van der Waals surface area contributed by atoms with Gasteiger partial charge in [-0.15, -0.1) is 22.7 Å². The van der Waals surface area contributed by atoms with Gasteiger partial charge in [0.1, 0.15) is 4.83 Å². The molecule has 0 saturated carbocycles. The van der Waals surface area contributed by atoms with Gasteiger partial charge < -0.3 is 4.90 Å². The third kappa shape index (κ3) is 2.96. The van der Waals surface area contributed by atoms with Crippen molar-refractivity contribution in [1.29, 1.82) is 0 Å². The smallest absolute Gasteiger partial charge is 0.264 e. The van der Waals surface area contributed by atoms with Crippen LogP contribution in [0, 0.1) is 0 Å². The fourth-order valence-electron chi connectivity index (χ4n) is 3.64. The number of hydrogen-bond acceptors (Lipinski definition) is 5. The van der Waals surface area contributed by atoms with Crippen molar-refractivity contribution in [2.45, 2.75) is 19.5 Å². The lowest BCUT2D eigenvalue weighted by Crippen LogP contribution is -2.35. The van der Waals surface area contributed by atoms with E-state index in [1.807, 2.05) is 52.7 Å². The van der Waals surface area contributed by atoms with Crippen LogP contribution in [0.25, 0.3) is 10.2 Å². The van der Waals surface area contributed by atoms with E-state index in [0.717, 1.165) is 31.1 Å². The minimum Gasteiger partial charge on any atom is -0.332 e. The molecule has 7 heteroatoms. The van der Waals surface area contributed by atoms with E-state index in [2.05, 4.69) is 4.98 Å². The predicted octanol–water partition coefficient (Wildman–Crippen LogP) is 3.77. The summed E-state index contributed by atoms with van der Waals surface area (Å²) in [6.45, 7) is 1.68. The molecule has 0 spiro atoms. The predicted molar refractivity (Wildman–Crippen MR) is 112 cm³/mol. The van der Waals surface area contributed by atoms with Crippen LogP contribution in [-0.4, -0.2) is 26.9 Å². The monoisotopic (exact) mass is 407 g/mol. The van der Waals surface area contributed by atoms with Crippen LogP contribution in [0.3, 0.4) is 0 Å². The Balaban J connectivity index is 1.49. The van der Waals surface area contributed by atoms with Crippen molar-refractivity contribution in [3.05, 3.63) is 85.4 Å². The van der Waals surface area contributed by atoms with E-state index in [0.29, 0.717) is 26.1 Å². The number of carbonyl (C=O) groups is 1. The van der Waals surface area contributed by atoms with Crippen molar-refractivity contribution < 1.29 is 4.79 Å². The third-order valence-corrected chi connectivity index (χ3v) is 7.02. The van der Waals surface area contributed by atoms with Gasteiger partial charge in [0, 0.05) is 11.4 Å². The number of aromatic nitrogens is 2. The molecule has 5 rings (SSSR count). The summed E-state index contributed by atoms with van der Waals surface area (Å²) in [6.07, 6.45) is 2.33. The van der Waals surface area contributed by atoms with E-state index >= 15 is 0 Å². The lowest BCUT2D eigenvalue weighted by molar-refractivity contribution is 0.0742. The summed E-state index contributed by atoms with van der Waals surface area (Å²) < 4.78 is 1.67. The molecule has 1 aromatic carbocycles. The fraction of sp³-hybridized carbons (Fsp3) is 0.190. The van der Waals surface area contributed by atoms with Crippen LogP contribution in [0.2, 0.25) is 0 Å². The van der Waals surface area contributed by atoms with Crippen molar-refractivity contribution in [2.24, 2.45) is 0 Å². The number of carbonyl (C=O) groups excluding carboxylic acids is 1. The standard InChI is InChI=1S/C21H17N3O2S2/c25-20(16-7-4-10-27-16)23-9-8-15-17(12-23)28-19-18(15)21(26)24(13-22-19)11-14-5-2-1-3-6-14/h1-7,10,13H,8-9,11-12H2. The molecule has 28 heavy (non-hydrogen) atoms. The topological polar surface area (TPSA) is 55.2 Å². The first kappa shape index (κ1) is 17.3. The first-order valence-electron chi connectivity index (χ1n) is 9.07. The van der Waals surface area contributed by atoms with Crippen molar-refractivity contribution in [3.63, 3.8) is 0 Å². The Labute approximate surface area is 169 Å². The average Bonchev–Trinajstić information content (AvgIpc) is 3.38. The number of thiophene rings is 2. The first-order chi connectivity index (χ1) is 13.7. The van der Waals surface area contributed by atoms with Crippen LogP contribution in [0.15, 0.2) is 59.0 Å². The van der Waals surface area contributed by atoms with Crippen LogP contribution in [0.5, 0.6) is 0 Å². The van der Waals surface area contributed by atoms with Gasteiger partial charge >= 0.3 is 0 Å². The normalized spacial score (nSPS) is 13.6. The Morgan fingerprint density at radius 1 is 1.14 bits per heavy atom. The Morgan fingerprint density at radius 3 is 2.79 bits per heavy atom. The average molecular weight is 408 g/mol. The zero-order valence-electron chi connectivity index (χ0n) is 15.0. The number of rotatable bonds is 3. The summed E-state index contributed by atoms with van der Waals surface area (Å²) in [4.78, 5) is 34.8. The van der Waals surface area contributed by atoms with Gasteiger partial charge in [0.25, 0.3) is 11.5 Å². The van der Waals surface area contributed by atoms with E-state index in [1.54, 1.807) is 10.9 Å². The highest BCUT2D eigenvalue weighted by Gasteiger charge is 2.27. The SMILES string of the molecule is O=C(c1cccs1)N1CCc2c(sc3ncn(Cc4ccccc4)c(=O)c23)C1. The van der Waals surface area contributed by atoms with Crippen LogP contribution in [0.4, 0.5) is 0 Å². The molecule has 0 fully saturated rings. The maximum atomic E-state index is 13.1. The molecule has 1 aliphatic rings. The molecular weight excluding hydrogens is 390 g/mol. The zero-order valence-corrected chi connectivity index (χ0v) is 16.6. The van der Waals surface area contributed by atoms with Gasteiger partial charge in [0.2, 0.25) is 0 Å². The van der Waals surface area contributed by atoms with Gasteiger partial charge in [-0.05, 0) is 29.0 Å². The number of benzene rings is 1. The molecule has 0 N–H and O–H groups in total. The van der Waals surface area contributed by atoms with Gasteiger partial charge in [-0.2, -0.15) is 0 Å². The molecule has 4 aromatic rings. The summed E-state index contributed by atoms with van der Waals surface area (Å²) in [5.41, 5.74) is 2.14. The summed E-state index contributed by atoms with van der Waals surface area (Å²) in [7, 11) is 0. The molecule has 0 saturated heterocycles. The van der Waals surface area contributed by atoms with E-state index in [1.165, 1.54) is 22.7 Å². The Morgan fingerprint density at radius 2 is 2.00 bits per heavy atom. The van der Waals surface area contributed by atoms with E-state index in [9.17, 15) is 9.59 Å². The molecule has 0 atom stereocenters. The lowest BCUT2D eigenvalue weighted by atomic mass is 10.1. The summed E-state index contributed by atoms with van der Waals surface area (Å²) in [6, 6.07) is 13.7. The fourth-order valence-corrected chi connectivity index (χ4v) is 5.53. The highest BCUT2D eigenvalue weighted by molar-refractivity contribution is 7.18. The first-order valence-corrected chi connectivity index (χ1v) is 10.8. The second-order valence-electron chi connectivity index (χ2n) is 6.80. The zero-order chi connectivity index (χ0) is 19.1. The largest absolute Gasteiger partial charge is 0.332 e. The highest BCUT2D eigenvalue weighted by Crippen LogP contribution is 2.33. The minimum atomic E-state index is 0.00406. The summed E-state index contributed by atoms with van der Waals surface area (Å²) in [5, 5.41) is 2.64. The highest BCUT2D eigenvalue weighted by atomic mass is 32.1. The van der Waals surface area contributed by atoms with Gasteiger partial charge in [-0.3, -0.25) is 14.2 Å². The molecule has 0 bridgehead atoms. The molecule has 0 radical (unpaired) electrons. The summed E-state index contributed by atoms with van der Waals surface area (Å²) in [5.74, 6) is 0.0625. The van der Waals surface area contributed by atoms with E-state index < -0.39 is 0 Å². The molecule has 140 valence electrons. The molecule has 5 nitrogen and oxygen atoms in total. The number of nitrogens with zero attached hydrogens (tertiary/aromatic N) is 3. The van der Waals surface area contributed by atoms with Gasteiger partial charge in [0.05, 0.1) is 29.7 Å². The van der Waals surface area contributed by atoms with Crippen molar-refractivity contribution >= 4 is 38.8 Å². The Kier molecular flexibility index (Phi) is 4.33. The third-order valence-electron chi connectivity index (χ3n) is 5.04. The quantitative estimate of drug-likeness (QED) is 0.520. The van der Waals surface area contributed by atoms with E-state index in [-0.39, 0.29) is 11.5 Å². The van der Waals surface area contributed by atoms with Crippen LogP contribution >= 0.6 is 22.7 Å². The lowest BCUT2D eigenvalue weighted by Gasteiger charge is -2.26. The number of hydrogen-bond donors (Lipinski definition) is 0. The molecule has 3 aromatic heterocycles. The van der Waals surface area contributed by atoms with Gasteiger partial charge in [-0.25, -0.2) is 4.98 Å². The second kappa shape index (κ2) is 7.00. The van der Waals surface area contributed by atoms with E-state index in [4.69, 9.17) is 0 Å². The van der Waals surface area contributed by atoms with Gasteiger partial charge in [-0.1, -0.05) is 36.4 Å². The molecule has 0 unspecified atom stereocenters. The number of amides is 1. The summed E-state index contributed by atoms with van der Waals surface area (Å²) >= 11 is 3.00. The van der Waals surface area contributed by atoms with Gasteiger partial charge in [0.15, 0.2) is 0 Å². The van der Waals surface area contributed by atoms with Crippen molar-refractivity contribution in [1.82, 2.24) is 14.5 Å². The second-order valence-corrected chi connectivity index (χ2v) is 8.83. The molecular formula is C21H17N3O2S2. The molecule has 4 heterocycles. The maximum Gasteiger partial charge on any atom is 0.264 e. The molecule has 1 amide bonds. The molecule has 0 aliphatic carbocycles. The minimum absolute atomic E-state index is 0.00406. The van der Waals surface area contributed by atoms with Crippen LogP contribution < -0.4 is 5.56 Å². The van der Waals surface area contributed by atoms with Crippen LogP contribution in [0.1, 0.15) is 25.7 Å². The Bertz CT molecular complexity index is 1210.